The fourth-order valence-electron chi connectivity index (χ4n) is 2.17. The van der Waals surface area contributed by atoms with Gasteiger partial charge >= 0.3 is 5.97 Å². The zero-order valence-electron chi connectivity index (χ0n) is 10.4. The molecule has 6 heteroatoms. The van der Waals surface area contributed by atoms with Crippen LogP contribution >= 0.6 is 11.8 Å². The van der Waals surface area contributed by atoms with Gasteiger partial charge in [0.2, 0.25) is 0 Å². The van der Waals surface area contributed by atoms with Gasteiger partial charge in [-0.3, -0.25) is 4.79 Å². The number of aliphatic hydroxyl groups excluding tert-OH is 1. The molecular weight excluding hydrogens is 266 g/mol. The van der Waals surface area contributed by atoms with E-state index in [1.165, 1.54) is 4.90 Å². The molecule has 0 saturated carbocycles. The van der Waals surface area contributed by atoms with Crippen LogP contribution in [0, 0.1) is 0 Å². The Morgan fingerprint density at radius 1 is 1.32 bits per heavy atom. The summed E-state index contributed by atoms with van der Waals surface area (Å²) in [5.41, 5.74) is 0.443. The van der Waals surface area contributed by atoms with Gasteiger partial charge in [0.1, 0.15) is 6.04 Å². The van der Waals surface area contributed by atoms with Crippen LogP contribution in [0.5, 0.6) is 0 Å². The SMILES string of the molecule is CSc1ccc(C(=O)N2C[C@H](O)C[C@H]2C(=O)O)cc1. The van der Waals surface area contributed by atoms with Gasteiger partial charge in [-0.2, -0.15) is 0 Å². The second-order valence-corrected chi connectivity index (χ2v) is 5.31. The van der Waals surface area contributed by atoms with E-state index in [1.807, 2.05) is 18.4 Å². The highest BCUT2D eigenvalue weighted by Crippen LogP contribution is 2.22. The van der Waals surface area contributed by atoms with Gasteiger partial charge in [0, 0.05) is 23.4 Å². The summed E-state index contributed by atoms with van der Waals surface area (Å²) in [6.07, 6.45) is 1.26. The average molecular weight is 281 g/mol. The van der Waals surface area contributed by atoms with Crippen LogP contribution in [0.4, 0.5) is 0 Å². The number of likely N-dealkylation sites (tertiary alicyclic amines) is 1. The summed E-state index contributed by atoms with van der Waals surface area (Å²) >= 11 is 1.57. The lowest BCUT2D eigenvalue weighted by Crippen LogP contribution is -2.40. The molecule has 0 spiro atoms. The number of rotatable bonds is 3. The van der Waals surface area contributed by atoms with Gasteiger partial charge in [0.05, 0.1) is 6.10 Å². The van der Waals surface area contributed by atoms with E-state index >= 15 is 0 Å². The van der Waals surface area contributed by atoms with Gasteiger partial charge in [-0.05, 0) is 30.5 Å². The zero-order chi connectivity index (χ0) is 14.0. The molecule has 0 unspecified atom stereocenters. The lowest BCUT2D eigenvalue weighted by molar-refractivity contribution is -0.141. The second-order valence-electron chi connectivity index (χ2n) is 4.43. The third kappa shape index (κ3) is 2.90. The highest BCUT2D eigenvalue weighted by Gasteiger charge is 2.39. The van der Waals surface area contributed by atoms with Gasteiger partial charge < -0.3 is 15.1 Å². The van der Waals surface area contributed by atoms with Crippen LogP contribution in [0.1, 0.15) is 16.8 Å². The van der Waals surface area contributed by atoms with Crippen LogP contribution in [-0.4, -0.2) is 51.9 Å². The molecule has 2 rings (SSSR count). The largest absolute Gasteiger partial charge is 0.480 e. The Hall–Kier alpha value is -1.53. The van der Waals surface area contributed by atoms with Crippen LogP contribution in [0.15, 0.2) is 29.2 Å². The molecule has 0 radical (unpaired) electrons. The van der Waals surface area contributed by atoms with Gasteiger partial charge in [-0.15, -0.1) is 11.8 Å². The van der Waals surface area contributed by atoms with E-state index in [1.54, 1.807) is 23.9 Å². The number of carboxylic acid groups (broad SMARTS) is 1. The predicted octanol–water partition coefficient (Wildman–Crippen LogP) is 1.07. The van der Waals surface area contributed by atoms with E-state index in [0.29, 0.717) is 5.56 Å². The molecule has 1 aromatic rings. The van der Waals surface area contributed by atoms with Crippen molar-refractivity contribution in [3.8, 4) is 0 Å². The summed E-state index contributed by atoms with van der Waals surface area (Å²) in [5.74, 6) is -1.43. The highest BCUT2D eigenvalue weighted by molar-refractivity contribution is 7.98. The van der Waals surface area contributed by atoms with E-state index < -0.39 is 18.1 Å². The summed E-state index contributed by atoms with van der Waals surface area (Å²) in [5, 5.41) is 18.6. The smallest absolute Gasteiger partial charge is 0.326 e. The molecule has 19 heavy (non-hydrogen) atoms. The summed E-state index contributed by atoms with van der Waals surface area (Å²) in [6.45, 7) is 0.0695. The maximum Gasteiger partial charge on any atom is 0.326 e. The highest BCUT2D eigenvalue weighted by atomic mass is 32.2. The number of aliphatic carboxylic acids is 1. The molecule has 102 valence electrons. The van der Waals surface area contributed by atoms with E-state index in [2.05, 4.69) is 0 Å². The van der Waals surface area contributed by atoms with Gasteiger partial charge in [-0.1, -0.05) is 0 Å². The first-order valence-corrected chi connectivity index (χ1v) is 7.11. The number of carbonyl (C=O) groups excluding carboxylic acids is 1. The topological polar surface area (TPSA) is 77.8 Å². The Morgan fingerprint density at radius 3 is 2.47 bits per heavy atom. The maximum atomic E-state index is 12.3. The average Bonchev–Trinajstić information content (AvgIpc) is 2.80. The Kier molecular flexibility index (Phi) is 4.11. The van der Waals surface area contributed by atoms with Crippen molar-refractivity contribution in [2.24, 2.45) is 0 Å². The van der Waals surface area contributed by atoms with Crippen LogP contribution in [0.2, 0.25) is 0 Å². The minimum absolute atomic E-state index is 0.0695. The molecule has 1 saturated heterocycles. The molecule has 1 aromatic carbocycles. The molecular formula is C13H15NO4S. The molecule has 0 aliphatic carbocycles. The fraction of sp³-hybridized carbons (Fsp3) is 0.385. The van der Waals surface area contributed by atoms with Crippen LogP contribution in [0.25, 0.3) is 0 Å². The fourth-order valence-corrected chi connectivity index (χ4v) is 2.58. The molecule has 1 aliphatic rings. The van der Waals surface area contributed by atoms with Gasteiger partial charge in [0.25, 0.3) is 5.91 Å². The van der Waals surface area contributed by atoms with E-state index in [0.717, 1.165) is 4.90 Å². The van der Waals surface area contributed by atoms with Gasteiger partial charge in [0.15, 0.2) is 0 Å². The zero-order valence-corrected chi connectivity index (χ0v) is 11.3. The lowest BCUT2D eigenvalue weighted by Gasteiger charge is -2.21. The van der Waals surface area contributed by atoms with Crippen molar-refractivity contribution in [1.29, 1.82) is 0 Å². The number of carboxylic acids is 1. The third-order valence-electron chi connectivity index (χ3n) is 3.16. The molecule has 0 aromatic heterocycles. The second kappa shape index (κ2) is 5.63. The summed E-state index contributed by atoms with van der Waals surface area (Å²) < 4.78 is 0. The van der Waals surface area contributed by atoms with E-state index in [-0.39, 0.29) is 18.9 Å². The first kappa shape index (κ1) is 13.9. The molecule has 2 N–H and O–H groups in total. The summed E-state index contributed by atoms with van der Waals surface area (Å²) in [4.78, 5) is 25.6. The van der Waals surface area contributed by atoms with E-state index in [4.69, 9.17) is 5.11 Å². The van der Waals surface area contributed by atoms with Crippen molar-refractivity contribution in [3.63, 3.8) is 0 Å². The summed E-state index contributed by atoms with van der Waals surface area (Å²) in [7, 11) is 0. The summed E-state index contributed by atoms with van der Waals surface area (Å²) in [6, 6.07) is 6.05. The van der Waals surface area contributed by atoms with Crippen molar-refractivity contribution < 1.29 is 19.8 Å². The molecule has 0 bridgehead atoms. The number of benzene rings is 1. The Labute approximate surface area is 115 Å². The Bertz CT molecular complexity index is 488. The number of aliphatic hydroxyl groups is 1. The minimum Gasteiger partial charge on any atom is -0.480 e. The number of thioether (sulfide) groups is 1. The number of nitrogens with zero attached hydrogens (tertiary/aromatic N) is 1. The molecule has 1 fully saturated rings. The molecule has 5 nitrogen and oxygen atoms in total. The first-order valence-electron chi connectivity index (χ1n) is 5.89. The Balaban J connectivity index is 2.20. The van der Waals surface area contributed by atoms with Crippen molar-refractivity contribution >= 4 is 23.6 Å². The number of β-amino-alcohol motifs (C(OH)–C–C–N with tert-alkyl or cyclic N) is 1. The monoisotopic (exact) mass is 281 g/mol. The van der Waals surface area contributed by atoms with E-state index in [9.17, 15) is 14.7 Å². The lowest BCUT2D eigenvalue weighted by atomic mass is 10.1. The van der Waals surface area contributed by atoms with Gasteiger partial charge in [-0.25, -0.2) is 4.79 Å². The molecule has 2 atom stereocenters. The quantitative estimate of drug-likeness (QED) is 0.810. The maximum absolute atomic E-state index is 12.3. The first-order chi connectivity index (χ1) is 9.02. The van der Waals surface area contributed by atoms with Crippen molar-refractivity contribution in [2.45, 2.75) is 23.5 Å². The Morgan fingerprint density at radius 2 is 1.95 bits per heavy atom. The molecule has 1 amide bonds. The number of amides is 1. The van der Waals surface area contributed by atoms with Crippen LogP contribution in [0.3, 0.4) is 0 Å². The molecule has 1 aliphatic heterocycles. The minimum atomic E-state index is -1.08. The predicted molar refractivity (Wildman–Crippen MR) is 71.3 cm³/mol. The standard InChI is InChI=1S/C13H15NO4S/c1-19-10-4-2-8(3-5-10)12(16)14-7-9(15)6-11(14)13(17)18/h2-5,9,11,15H,6-7H2,1H3,(H,17,18)/t9-,11+/m1/s1. The van der Waals surface area contributed by atoms with Crippen molar-refractivity contribution in [1.82, 2.24) is 4.90 Å². The van der Waals surface area contributed by atoms with Crippen LogP contribution in [-0.2, 0) is 4.79 Å². The number of carbonyl (C=O) groups is 2. The molecule has 1 heterocycles. The van der Waals surface area contributed by atoms with Crippen molar-refractivity contribution in [2.75, 3.05) is 12.8 Å². The number of hydrogen-bond donors (Lipinski definition) is 2. The number of hydrogen-bond acceptors (Lipinski definition) is 4. The van der Waals surface area contributed by atoms with Crippen molar-refractivity contribution in [3.05, 3.63) is 29.8 Å². The third-order valence-corrected chi connectivity index (χ3v) is 3.91. The van der Waals surface area contributed by atoms with Crippen LogP contribution < -0.4 is 0 Å². The normalized spacial score (nSPS) is 22.5.